The van der Waals surface area contributed by atoms with Gasteiger partial charge >= 0.3 is 0 Å². The third-order valence-electron chi connectivity index (χ3n) is 12.5. The molecule has 0 aliphatic carbocycles. The van der Waals surface area contributed by atoms with Crippen LogP contribution in [-0.2, 0) is 37.3 Å². The Balaban J connectivity index is 0.00000476. The van der Waals surface area contributed by atoms with Gasteiger partial charge in [0.15, 0.2) is 0 Å². The van der Waals surface area contributed by atoms with Crippen molar-refractivity contribution in [2.75, 3.05) is 0 Å². The molecule has 0 saturated carbocycles. The van der Waals surface area contributed by atoms with Gasteiger partial charge in [-0.2, -0.15) is 0 Å². The number of fused-ring (bicyclic) bond motifs is 4. The number of para-hydroxylation sites is 2. The van der Waals surface area contributed by atoms with E-state index in [0.29, 0.717) is 11.4 Å². The van der Waals surface area contributed by atoms with E-state index in [0.717, 1.165) is 72.2 Å². The van der Waals surface area contributed by atoms with Crippen LogP contribution in [0, 0.1) is 13.0 Å². The zero-order valence-electron chi connectivity index (χ0n) is 36.6. The van der Waals surface area contributed by atoms with Crippen molar-refractivity contribution in [3.8, 4) is 45.1 Å². The number of hydrogen-bond acceptors (Lipinski definition) is 3. The first-order chi connectivity index (χ1) is 28.5. The Morgan fingerprint density at radius 1 is 0.656 bits per heavy atom. The van der Waals surface area contributed by atoms with Crippen molar-refractivity contribution in [1.29, 1.82) is 0 Å². The molecule has 6 heteroatoms. The number of rotatable bonds is 4. The van der Waals surface area contributed by atoms with Gasteiger partial charge in [-0.3, -0.25) is 9.55 Å². The van der Waals surface area contributed by atoms with E-state index in [2.05, 4.69) is 200 Å². The van der Waals surface area contributed by atoms with Gasteiger partial charge in [0.25, 0.3) is 0 Å². The topological polar surface area (TPSA) is 55.4 Å². The van der Waals surface area contributed by atoms with Crippen molar-refractivity contribution in [1.82, 2.24) is 18.9 Å². The van der Waals surface area contributed by atoms with E-state index in [1.165, 1.54) is 27.2 Å². The largest absolute Gasteiger partial charge is 0.507 e. The maximum atomic E-state index is 12.5. The van der Waals surface area contributed by atoms with Crippen LogP contribution in [0.3, 0.4) is 0 Å². The van der Waals surface area contributed by atoms with Crippen molar-refractivity contribution >= 4 is 49.3 Å². The van der Waals surface area contributed by atoms with Crippen molar-refractivity contribution in [2.24, 2.45) is 0 Å². The molecule has 6 aromatic carbocycles. The average molecular weight is 979 g/mol. The molecule has 0 unspecified atom stereocenters. The van der Waals surface area contributed by atoms with Gasteiger partial charge in [-0.15, -0.1) is 23.3 Å². The number of aryl methyl sites for hydroxylation is 1. The Labute approximate surface area is 372 Å². The smallest absolute Gasteiger partial charge is 0.148 e. The van der Waals surface area contributed by atoms with Crippen molar-refractivity contribution < 1.29 is 26.2 Å². The molecule has 0 saturated heterocycles. The number of nitrogens with zero attached hydrogens (tertiary/aromatic N) is 4. The maximum Gasteiger partial charge on any atom is 0.148 e. The monoisotopic (exact) mass is 978 g/mol. The van der Waals surface area contributed by atoms with Gasteiger partial charge in [0.2, 0.25) is 0 Å². The third-order valence-corrected chi connectivity index (χ3v) is 12.5. The van der Waals surface area contributed by atoms with Gasteiger partial charge in [-0.1, -0.05) is 158 Å². The molecule has 4 aromatic heterocycles. The Kier molecular flexibility index (Phi) is 9.42. The SMILES string of the molecule is Cc1cc(-c2cccc3c2nc(-c2cc(C(C)(C)C)cc(C(C)(C)C)c2O)n3-c2ccc(C(C)(C)C)cc2-c2ccccc2)[c-]c2c1c1cccc3cc4ccnc2n4c31.[Pt]. The average Bonchev–Trinajstić information content (AvgIpc) is 3.79. The first kappa shape index (κ1) is 40.6. The fourth-order valence-corrected chi connectivity index (χ4v) is 9.23. The Morgan fingerprint density at radius 2 is 1.38 bits per heavy atom. The summed E-state index contributed by atoms with van der Waals surface area (Å²) in [7, 11) is 0. The van der Waals surface area contributed by atoms with Crippen LogP contribution >= 0.6 is 0 Å². The van der Waals surface area contributed by atoms with Gasteiger partial charge in [0.1, 0.15) is 11.6 Å². The van der Waals surface area contributed by atoms with E-state index in [9.17, 15) is 5.11 Å². The van der Waals surface area contributed by atoms with Gasteiger partial charge in [-0.25, -0.2) is 4.98 Å². The summed E-state index contributed by atoms with van der Waals surface area (Å²) in [4.78, 5) is 10.6. The maximum absolute atomic E-state index is 12.5. The number of phenols is 1. The minimum atomic E-state index is -0.317. The molecule has 10 aromatic rings. The molecule has 5 nitrogen and oxygen atoms in total. The van der Waals surface area contributed by atoms with Gasteiger partial charge in [0, 0.05) is 49.4 Å². The number of hydrogen-bond donors (Lipinski definition) is 1. The normalized spacial score (nSPS) is 12.7. The van der Waals surface area contributed by atoms with Crippen LogP contribution in [0.15, 0.2) is 121 Å². The summed E-state index contributed by atoms with van der Waals surface area (Å²) in [5.74, 6) is 0.949. The molecule has 61 heavy (non-hydrogen) atoms. The summed E-state index contributed by atoms with van der Waals surface area (Å²) in [5.41, 5.74) is 14.7. The number of aromatic nitrogens is 4. The molecule has 0 amide bonds. The van der Waals surface area contributed by atoms with E-state index >= 15 is 0 Å². The van der Waals surface area contributed by atoms with Crippen molar-refractivity contribution in [2.45, 2.75) is 85.5 Å². The molecule has 4 heterocycles. The second kappa shape index (κ2) is 14.1. The first-order valence-corrected chi connectivity index (χ1v) is 21.1. The molecule has 0 bridgehead atoms. The second-order valence-corrected chi connectivity index (χ2v) is 19.7. The summed E-state index contributed by atoms with van der Waals surface area (Å²) in [6.07, 6.45) is 1.90. The second-order valence-electron chi connectivity index (χ2n) is 19.7. The van der Waals surface area contributed by atoms with E-state index in [-0.39, 0.29) is 43.1 Å². The molecule has 0 aliphatic rings. The molecule has 0 fully saturated rings. The number of phenolic OH excluding ortho intramolecular Hbond substituents is 1. The van der Waals surface area contributed by atoms with Crippen LogP contribution in [0.2, 0.25) is 0 Å². The molecule has 0 aliphatic heterocycles. The third kappa shape index (κ3) is 6.47. The van der Waals surface area contributed by atoms with Crippen molar-refractivity contribution in [3.05, 3.63) is 150 Å². The zero-order valence-corrected chi connectivity index (χ0v) is 38.9. The quantitative estimate of drug-likeness (QED) is 0.141. The van der Waals surface area contributed by atoms with Crippen LogP contribution in [0.1, 0.15) is 84.6 Å². The predicted octanol–water partition coefficient (Wildman–Crippen LogP) is 14.3. The van der Waals surface area contributed by atoms with Crippen LogP contribution in [0.5, 0.6) is 5.75 Å². The molecular weight excluding hydrogens is 928 g/mol. The standard InChI is InChI=1S/C55H51N4O.Pt/c1-32-26-35(28-42-47(32)40-20-14-18-34-27-38-24-25-56-51(42)58(38)49(34)40)39-19-15-21-46-48(39)57-52(43-30-37(54(5,6)7)31-44(50(43)60)55(8,9)10)59(46)45-23-22-36(53(2,3)4)29-41(45)33-16-12-11-13-17-33;/h11-27,29-31,60H,1-10H3;/q-1;. The predicted molar refractivity (Wildman–Crippen MR) is 251 cm³/mol. The van der Waals surface area contributed by atoms with Gasteiger partial charge in [0.05, 0.1) is 27.9 Å². The van der Waals surface area contributed by atoms with E-state index in [1.807, 2.05) is 6.20 Å². The molecule has 1 N–H and O–H groups in total. The van der Waals surface area contributed by atoms with E-state index in [1.54, 1.807) is 0 Å². The molecule has 0 spiro atoms. The Hall–Kier alpha value is -5.77. The zero-order chi connectivity index (χ0) is 42.0. The Bertz CT molecular complexity index is 3330. The Morgan fingerprint density at radius 3 is 2.10 bits per heavy atom. The van der Waals surface area contributed by atoms with Crippen LogP contribution in [-0.4, -0.2) is 24.0 Å². The van der Waals surface area contributed by atoms with Crippen LogP contribution in [0.25, 0.3) is 88.6 Å². The molecule has 10 rings (SSSR count). The summed E-state index contributed by atoms with van der Waals surface area (Å²) < 4.78 is 4.56. The number of aromatic hydroxyl groups is 1. The first-order valence-electron chi connectivity index (χ1n) is 21.1. The van der Waals surface area contributed by atoms with Gasteiger partial charge in [-0.05, 0) is 80.1 Å². The van der Waals surface area contributed by atoms with Crippen molar-refractivity contribution in [3.63, 3.8) is 0 Å². The molecule has 0 radical (unpaired) electrons. The van der Waals surface area contributed by atoms with Crippen LogP contribution in [0.4, 0.5) is 0 Å². The van der Waals surface area contributed by atoms with Gasteiger partial charge < -0.3 is 9.51 Å². The summed E-state index contributed by atoms with van der Waals surface area (Å²) >= 11 is 0. The summed E-state index contributed by atoms with van der Waals surface area (Å²) in [6.45, 7) is 22.2. The minimum Gasteiger partial charge on any atom is -0.507 e. The summed E-state index contributed by atoms with van der Waals surface area (Å²) in [6, 6.07) is 45.3. The van der Waals surface area contributed by atoms with Crippen LogP contribution < -0.4 is 0 Å². The summed E-state index contributed by atoms with van der Waals surface area (Å²) in [5, 5.41) is 17.0. The molecule has 308 valence electrons. The molecular formula is C55H51N4OPt-. The van der Waals surface area contributed by atoms with E-state index < -0.39 is 0 Å². The molecule has 0 atom stereocenters. The fourth-order valence-electron chi connectivity index (χ4n) is 9.23. The fraction of sp³-hybridized carbons (Fsp3) is 0.236. The number of pyridine rings is 1. The number of imidazole rings is 1. The van der Waals surface area contributed by atoms with E-state index in [4.69, 9.17) is 9.97 Å². The number of benzene rings is 6. The minimum absolute atomic E-state index is 0.